The maximum absolute atomic E-state index is 5.65. The van der Waals surface area contributed by atoms with Gasteiger partial charge in [-0.25, -0.2) is 0 Å². The second-order valence-corrected chi connectivity index (χ2v) is 5.29. The van der Waals surface area contributed by atoms with Crippen LogP contribution >= 0.6 is 0 Å². The van der Waals surface area contributed by atoms with Crippen molar-refractivity contribution in [2.45, 2.75) is 44.6 Å². The first-order valence-electron chi connectivity index (χ1n) is 6.86. The third kappa shape index (κ3) is 2.19. The normalized spacial score (nSPS) is 26.9. The Hall–Kier alpha value is -1.02. The SMILES string of the molecule is CCCC1CC(c2ccc3c(c2)OCC3)CN1. The molecule has 0 aliphatic carbocycles. The summed E-state index contributed by atoms with van der Waals surface area (Å²) in [6, 6.07) is 7.54. The monoisotopic (exact) mass is 231 g/mol. The predicted molar refractivity (Wildman–Crippen MR) is 69.7 cm³/mol. The lowest BCUT2D eigenvalue weighted by Crippen LogP contribution is -2.20. The molecule has 2 aliphatic heterocycles. The molecular weight excluding hydrogens is 210 g/mol. The molecule has 0 amide bonds. The average molecular weight is 231 g/mol. The van der Waals surface area contributed by atoms with Crippen molar-refractivity contribution in [1.29, 1.82) is 0 Å². The molecule has 0 aromatic heterocycles. The van der Waals surface area contributed by atoms with Gasteiger partial charge in [-0.1, -0.05) is 25.5 Å². The van der Waals surface area contributed by atoms with Gasteiger partial charge in [-0.15, -0.1) is 0 Å². The molecule has 2 heteroatoms. The van der Waals surface area contributed by atoms with Crippen molar-refractivity contribution in [1.82, 2.24) is 5.32 Å². The first-order chi connectivity index (χ1) is 8.36. The minimum atomic E-state index is 0.682. The number of ether oxygens (including phenoxy) is 1. The molecule has 2 aliphatic rings. The largest absolute Gasteiger partial charge is 0.493 e. The summed E-state index contributed by atoms with van der Waals surface area (Å²) in [4.78, 5) is 0. The molecule has 2 nitrogen and oxygen atoms in total. The van der Waals surface area contributed by atoms with Gasteiger partial charge in [0.1, 0.15) is 5.75 Å². The number of hydrogen-bond acceptors (Lipinski definition) is 2. The fourth-order valence-electron chi connectivity index (χ4n) is 3.08. The van der Waals surface area contributed by atoms with Gasteiger partial charge in [-0.3, -0.25) is 0 Å². The zero-order chi connectivity index (χ0) is 11.7. The molecule has 2 unspecified atom stereocenters. The van der Waals surface area contributed by atoms with Crippen LogP contribution in [0.4, 0.5) is 0 Å². The van der Waals surface area contributed by atoms with E-state index in [9.17, 15) is 0 Å². The van der Waals surface area contributed by atoms with E-state index in [0.29, 0.717) is 5.92 Å². The summed E-state index contributed by atoms with van der Waals surface area (Å²) in [6.07, 6.45) is 4.94. The average Bonchev–Trinajstić information content (AvgIpc) is 2.96. The predicted octanol–water partition coefficient (Wildman–Crippen LogP) is 2.87. The van der Waals surface area contributed by atoms with Crippen molar-refractivity contribution in [3.8, 4) is 5.75 Å². The van der Waals surface area contributed by atoms with Gasteiger partial charge in [0.2, 0.25) is 0 Å². The maximum Gasteiger partial charge on any atom is 0.122 e. The molecular formula is C15H21NO. The van der Waals surface area contributed by atoms with E-state index in [1.54, 1.807) is 0 Å². The number of hydrogen-bond donors (Lipinski definition) is 1. The van der Waals surface area contributed by atoms with E-state index in [1.807, 2.05) is 0 Å². The molecule has 0 spiro atoms. The van der Waals surface area contributed by atoms with Crippen LogP contribution in [0.15, 0.2) is 18.2 Å². The van der Waals surface area contributed by atoms with Crippen LogP contribution in [0, 0.1) is 0 Å². The third-order valence-corrected chi connectivity index (χ3v) is 4.05. The lowest BCUT2D eigenvalue weighted by molar-refractivity contribution is 0.356. The topological polar surface area (TPSA) is 21.3 Å². The van der Waals surface area contributed by atoms with Crippen LogP contribution in [0.25, 0.3) is 0 Å². The Balaban J connectivity index is 1.73. The van der Waals surface area contributed by atoms with Crippen molar-refractivity contribution >= 4 is 0 Å². The van der Waals surface area contributed by atoms with Crippen LogP contribution in [-0.4, -0.2) is 19.2 Å². The smallest absolute Gasteiger partial charge is 0.122 e. The Kier molecular flexibility index (Phi) is 3.06. The standard InChI is InChI=1S/C15H21NO/c1-2-3-14-8-13(10-16-14)12-5-4-11-6-7-17-15(11)9-12/h4-5,9,13-14,16H,2-3,6-8,10H2,1H3. The minimum absolute atomic E-state index is 0.682. The van der Waals surface area contributed by atoms with E-state index >= 15 is 0 Å². The van der Waals surface area contributed by atoms with E-state index in [0.717, 1.165) is 31.4 Å². The fourth-order valence-corrected chi connectivity index (χ4v) is 3.08. The van der Waals surface area contributed by atoms with Gasteiger partial charge in [-0.2, -0.15) is 0 Å². The molecule has 0 bridgehead atoms. The van der Waals surface area contributed by atoms with Gasteiger partial charge >= 0.3 is 0 Å². The number of benzene rings is 1. The summed E-state index contributed by atoms with van der Waals surface area (Å²) >= 11 is 0. The van der Waals surface area contributed by atoms with Crippen molar-refractivity contribution in [3.63, 3.8) is 0 Å². The van der Waals surface area contributed by atoms with Gasteiger partial charge in [0.05, 0.1) is 6.61 Å². The fraction of sp³-hybridized carbons (Fsp3) is 0.600. The molecule has 2 atom stereocenters. The maximum atomic E-state index is 5.65. The van der Waals surface area contributed by atoms with Crippen molar-refractivity contribution in [2.24, 2.45) is 0 Å². The first kappa shape index (κ1) is 11.1. The Labute approximate surface area is 103 Å². The molecule has 1 aromatic carbocycles. The van der Waals surface area contributed by atoms with E-state index < -0.39 is 0 Å². The van der Waals surface area contributed by atoms with Gasteiger partial charge in [0.25, 0.3) is 0 Å². The first-order valence-corrected chi connectivity index (χ1v) is 6.86. The Morgan fingerprint density at radius 2 is 2.35 bits per heavy atom. The lowest BCUT2D eigenvalue weighted by atomic mass is 9.94. The lowest BCUT2D eigenvalue weighted by Gasteiger charge is -2.11. The Morgan fingerprint density at radius 3 is 3.24 bits per heavy atom. The Morgan fingerprint density at radius 1 is 1.41 bits per heavy atom. The second-order valence-electron chi connectivity index (χ2n) is 5.29. The minimum Gasteiger partial charge on any atom is -0.493 e. The summed E-state index contributed by atoms with van der Waals surface area (Å²) in [5.41, 5.74) is 2.83. The molecule has 1 fully saturated rings. The van der Waals surface area contributed by atoms with Crippen LogP contribution < -0.4 is 10.1 Å². The van der Waals surface area contributed by atoms with Crippen molar-refractivity contribution < 1.29 is 4.74 Å². The van der Waals surface area contributed by atoms with Crippen LogP contribution in [0.2, 0.25) is 0 Å². The molecule has 2 heterocycles. The molecule has 1 saturated heterocycles. The van der Waals surface area contributed by atoms with Gasteiger partial charge in [-0.05, 0) is 36.0 Å². The van der Waals surface area contributed by atoms with Crippen LogP contribution in [0.5, 0.6) is 5.75 Å². The van der Waals surface area contributed by atoms with Crippen LogP contribution in [0.3, 0.4) is 0 Å². The summed E-state index contributed by atoms with van der Waals surface area (Å²) < 4.78 is 5.65. The summed E-state index contributed by atoms with van der Waals surface area (Å²) in [5.74, 6) is 1.81. The van der Waals surface area contributed by atoms with Crippen LogP contribution in [0.1, 0.15) is 43.2 Å². The Bertz CT molecular complexity index is 402. The van der Waals surface area contributed by atoms with Gasteiger partial charge in [0.15, 0.2) is 0 Å². The molecule has 92 valence electrons. The molecule has 0 radical (unpaired) electrons. The molecule has 17 heavy (non-hydrogen) atoms. The zero-order valence-electron chi connectivity index (χ0n) is 10.5. The third-order valence-electron chi connectivity index (χ3n) is 4.05. The summed E-state index contributed by atoms with van der Waals surface area (Å²) in [7, 11) is 0. The van der Waals surface area contributed by atoms with Crippen LogP contribution in [-0.2, 0) is 6.42 Å². The number of fused-ring (bicyclic) bond motifs is 1. The highest BCUT2D eigenvalue weighted by atomic mass is 16.5. The van der Waals surface area contributed by atoms with E-state index in [2.05, 4.69) is 30.4 Å². The summed E-state index contributed by atoms with van der Waals surface area (Å²) in [6.45, 7) is 4.25. The quantitative estimate of drug-likeness (QED) is 0.863. The van der Waals surface area contributed by atoms with Crippen molar-refractivity contribution in [3.05, 3.63) is 29.3 Å². The number of rotatable bonds is 3. The highest BCUT2D eigenvalue weighted by molar-refractivity contribution is 5.41. The van der Waals surface area contributed by atoms with Crippen molar-refractivity contribution in [2.75, 3.05) is 13.2 Å². The highest BCUT2D eigenvalue weighted by Gasteiger charge is 2.25. The molecule has 1 aromatic rings. The van der Waals surface area contributed by atoms with E-state index in [4.69, 9.17) is 4.74 Å². The van der Waals surface area contributed by atoms with Gasteiger partial charge < -0.3 is 10.1 Å². The second kappa shape index (κ2) is 4.69. The van der Waals surface area contributed by atoms with E-state index in [-0.39, 0.29) is 0 Å². The van der Waals surface area contributed by atoms with Gasteiger partial charge in [0, 0.05) is 19.0 Å². The number of nitrogens with one attached hydrogen (secondary N) is 1. The van der Waals surface area contributed by atoms with E-state index in [1.165, 1.54) is 30.4 Å². The molecule has 0 saturated carbocycles. The zero-order valence-corrected chi connectivity index (χ0v) is 10.5. The highest BCUT2D eigenvalue weighted by Crippen LogP contribution is 2.33. The molecule has 1 N–H and O–H groups in total. The molecule has 3 rings (SSSR count). The summed E-state index contributed by atoms with van der Waals surface area (Å²) in [5, 5.41) is 3.63.